The van der Waals surface area contributed by atoms with Crippen LogP contribution in [-0.2, 0) is 6.42 Å². The fourth-order valence-corrected chi connectivity index (χ4v) is 3.05. The Kier molecular flexibility index (Phi) is 4.06. The van der Waals surface area contributed by atoms with Crippen LogP contribution in [0.2, 0.25) is 0 Å². The minimum absolute atomic E-state index is 0.647. The zero-order valence-corrected chi connectivity index (χ0v) is 11.8. The van der Waals surface area contributed by atoms with Gasteiger partial charge in [-0.1, -0.05) is 33.1 Å². The van der Waals surface area contributed by atoms with Crippen molar-refractivity contribution in [3.05, 3.63) is 16.4 Å². The molecule has 16 heavy (non-hydrogen) atoms. The summed E-state index contributed by atoms with van der Waals surface area (Å²) in [5, 5.41) is 4.62. The van der Waals surface area contributed by atoms with Crippen molar-refractivity contribution in [2.45, 2.75) is 58.4 Å². The summed E-state index contributed by atoms with van der Waals surface area (Å²) in [6, 6.07) is 2.84. The van der Waals surface area contributed by atoms with Crippen LogP contribution < -0.4 is 0 Å². The zero-order chi connectivity index (χ0) is 11.5. The predicted octanol–water partition coefficient (Wildman–Crippen LogP) is 4.35. The number of aromatic nitrogens is 2. The normalized spacial score (nSPS) is 18.2. The quantitative estimate of drug-likeness (QED) is 0.807. The number of rotatable bonds is 3. The zero-order valence-electron chi connectivity index (χ0n) is 10.2. The van der Waals surface area contributed by atoms with E-state index in [4.69, 9.17) is 0 Å². The Morgan fingerprint density at radius 3 is 2.69 bits per heavy atom. The first-order valence-corrected chi connectivity index (χ1v) is 7.20. The van der Waals surface area contributed by atoms with E-state index in [9.17, 15) is 0 Å². The lowest BCUT2D eigenvalue weighted by atomic mass is 9.95. The summed E-state index contributed by atoms with van der Waals surface area (Å²) in [5.41, 5.74) is 1.40. The molecular weight excluding hydrogens is 264 g/mol. The second-order valence-corrected chi connectivity index (χ2v) is 6.11. The largest absolute Gasteiger partial charge is 0.265 e. The van der Waals surface area contributed by atoms with Crippen LogP contribution in [0.4, 0.5) is 0 Å². The Morgan fingerprint density at radius 1 is 1.38 bits per heavy atom. The van der Waals surface area contributed by atoms with Crippen molar-refractivity contribution in [1.29, 1.82) is 0 Å². The van der Waals surface area contributed by atoms with Crippen molar-refractivity contribution < 1.29 is 0 Å². The van der Waals surface area contributed by atoms with Crippen LogP contribution >= 0.6 is 15.9 Å². The molecule has 3 heteroatoms. The van der Waals surface area contributed by atoms with E-state index in [1.165, 1.54) is 37.8 Å². The van der Waals surface area contributed by atoms with Gasteiger partial charge in [0.25, 0.3) is 0 Å². The van der Waals surface area contributed by atoms with Gasteiger partial charge >= 0.3 is 0 Å². The Hall–Kier alpha value is -0.310. The summed E-state index contributed by atoms with van der Waals surface area (Å²) in [6.45, 7) is 4.54. The van der Waals surface area contributed by atoms with Gasteiger partial charge in [0.05, 0.1) is 6.04 Å². The lowest BCUT2D eigenvalue weighted by molar-refractivity contribution is 0.318. The number of hydrogen-bond donors (Lipinski definition) is 0. The van der Waals surface area contributed by atoms with Gasteiger partial charge in [-0.15, -0.1) is 0 Å². The smallest absolute Gasteiger partial charge is 0.128 e. The van der Waals surface area contributed by atoms with Crippen LogP contribution in [-0.4, -0.2) is 9.78 Å². The SMILES string of the molecule is CC(C)Cc1cc(Br)nn1C1CCCCC1. The van der Waals surface area contributed by atoms with Crippen molar-refractivity contribution in [3.63, 3.8) is 0 Å². The molecule has 0 N–H and O–H groups in total. The van der Waals surface area contributed by atoms with E-state index in [0.29, 0.717) is 12.0 Å². The molecule has 0 spiro atoms. The monoisotopic (exact) mass is 284 g/mol. The van der Waals surface area contributed by atoms with E-state index in [1.807, 2.05) is 0 Å². The fourth-order valence-electron chi connectivity index (χ4n) is 2.61. The van der Waals surface area contributed by atoms with E-state index in [2.05, 4.69) is 45.6 Å². The van der Waals surface area contributed by atoms with Crippen LogP contribution in [0.25, 0.3) is 0 Å². The van der Waals surface area contributed by atoms with Gasteiger partial charge in [0, 0.05) is 5.69 Å². The molecule has 2 rings (SSSR count). The molecule has 1 heterocycles. The number of nitrogens with zero attached hydrogens (tertiary/aromatic N) is 2. The molecule has 2 nitrogen and oxygen atoms in total. The molecule has 1 aliphatic carbocycles. The van der Waals surface area contributed by atoms with Gasteiger partial charge < -0.3 is 0 Å². The highest BCUT2D eigenvalue weighted by Gasteiger charge is 2.19. The molecule has 1 aromatic rings. The first kappa shape index (κ1) is 12.2. The van der Waals surface area contributed by atoms with Crippen LogP contribution in [0.1, 0.15) is 57.7 Å². The molecule has 0 atom stereocenters. The Balaban J connectivity index is 2.17. The van der Waals surface area contributed by atoms with Crippen LogP contribution in [0.3, 0.4) is 0 Å². The third kappa shape index (κ3) is 2.88. The molecule has 0 saturated heterocycles. The number of hydrogen-bond acceptors (Lipinski definition) is 1. The first-order valence-electron chi connectivity index (χ1n) is 6.40. The molecule has 1 saturated carbocycles. The first-order chi connectivity index (χ1) is 7.66. The predicted molar refractivity (Wildman–Crippen MR) is 70.6 cm³/mol. The molecule has 0 aromatic carbocycles. The molecule has 0 unspecified atom stereocenters. The van der Waals surface area contributed by atoms with E-state index in [-0.39, 0.29) is 0 Å². The van der Waals surface area contributed by atoms with Crippen molar-refractivity contribution in [1.82, 2.24) is 9.78 Å². The van der Waals surface area contributed by atoms with Crippen LogP contribution in [0, 0.1) is 5.92 Å². The van der Waals surface area contributed by atoms with E-state index in [0.717, 1.165) is 11.0 Å². The summed E-state index contributed by atoms with van der Waals surface area (Å²) >= 11 is 3.51. The summed E-state index contributed by atoms with van der Waals surface area (Å²) in [7, 11) is 0. The van der Waals surface area contributed by atoms with Crippen LogP contribution in [0.15, 0.2) is 10.7 Å². The Bertz CT molecular complexity index is 338. The minimum Gasteiger partial charge on any atom is -0.265 e. The van der Waals surface area contributed by atoms with Gasteiger partial charge in [-0.05, 0) is 47.2 Å². The van der Waals surface area contributed by atoms with Crippen molar-refractivity contribution >= 4 is 15.9 Å². The topological polar surface area (TPSA) is 17.8 Å². The second-order valence-electron chi connectivity index (χ2n) is 5.29. The maximum atomic E-state index is 4.62. The van der Waals surface area contributed by atoms with Gasteiger partial charge in [0.2, 0.25) is 0 Å². The average Bonchev–Trinajstić information content (AvgIpc) is 2.60. The summed E-state index contributed by atoms with van der Waals surface area (Å²) in [4.78, 5) is 0. The molecule has 1 aromatic heterocycles. The minimum atomic E-state index is 0.647. The fraction of sp³-hybridized carbons (Fsp3) is 0.769. The molecule has 0 bridgehead atoms. The number of halogens is 1. The molecule has 1 fully saturated rings. The Labute approximate surface area is 107 Å². The van der Waals surface area contributed by atoms with E-state index >= 15 is 0 Å². The van der Waals surface area contributed by atoms with Gasteiger partial charge in [-0.3, -0.25) is 4.68 Å². The van der Waals surface area contributed by atoms with Gasteiger partial charge in [-0.25, -0.2) is 0 Å². The van der Waals surface area contributed by atoms with Crippen molar-refractivity contribution in [3.8, 4) is 0 Å². The molecule has 1 aliphatic rings. The maximum Gasteiger partial charge on any atom is 0.128 e. The molecule has 0 aliphatic heterocycles. The van der Waals surface area contributed by atoms with Gasteiger partial charge in [-0.2, -0.15) is 5.10 Å². The third-order valence-corrected chi connectivity index (χ3v) is 3.71. The summed E-state index contributed by atoms with van der Waals surface area (Å²) in [5.74, 6) is 0.700. The highest BCUT2D eigenvalue weighted by molar-refractivity contribution is 9.10. The second kappa shape index (κ2) is 5.35. The van der Waals surface area contributed by atoms with Gasteiger partial charge in [0.1, 0.15) is 4.60 Å². The third-order valence-electron chi connectivity index (χ3n) is 3.32. The lowest BCUT2D eigenvalue weighted by Crippen LogP contribution is -2.17. The summed E-state index contributed by atoms with van der Waals surface area (Å²) < 4.78 is 3.28. The van der Waals surface area contributed by atoms with Crippen molar-refractivity contribution in [2.24, 2.45) is 5.92 Å². The average molecular weight is 285 g/mol. The molecular formula is C13H21BrN2. The molecule has 90 valence electrons. The van der Waals surface area contributed by atoms with Gasteiger partial charge in [0.15, 0.2) is 0 Å². The maximum absolute atomic E-state index is 4.62. The summed E-state index contributed by atoms with van der Waals surface area (Å²) in [6.07, 6.45) is 7.87. The highest BCUT2D eigenvalue weighted by Crippen LogP contribution is 2.30. The molecule has 0 amide bonds. The van der Waals surface area contributed by atoms with Crippen molar-refractivity contribution in [2.75, 3.05) is 0 Å². The molecule has 0 radical (unpaired) electrons. The van der Waals surface area contributed by atoms with E-state index < -0.39 is 0 Å². The van der Waals surface area contributed by atoms with Crippen LogP contribution in [0.5, 0.6) is 0 Å². The standard InChI is InChI=1S/C13H21BrN2/c1-10(2)8-12-9-13(14)15-16(12)11-6-4-3-5-7-11/h9-11H,3-8H2,1-2H3. The highest BCUT2D eigenvalue weighted by atomic mass is 79.9. The lowest BCUT2D eigenvalue weighted by Gasteiger charge is -2.24. The van der Waals surface area contributed by atoms with E-state index in [1.54, 1.807) is 0 Å². The Morgan fingerprint density at radius 2 is 2.06 bits per heavy atom.